The van der Waals surface area contributed by atoms with Gasteiger partial charge in [0.2, 0.25) is 11.9 Å². The third-order valence-electron chi connectivity index (χ3n) is 5.40. The summed E-state index contributed by atoms with van der Waals surface area (Å²) >= 11 is 0. The summed E-state index contributed by atoms with van der Waals surface area (Å²) in [5.74, 6) is -0.550. The zero-order valence-corrected chi connectivity index (χ0v) is 16.4. The van der Waals surface area contributed by atoms with Crippen LogP contribution in [0.25, 0.3) is 11.1 Å². The van der Waals surface area contributed by atoms with Crippen molar-refractivity contribution in [1.29, 1.82) is 0 Å². The first-order valence-corrected chi connectivity index (χ1v) is 9.90. The minimum absolute atomic E-state index is 0.0133. The number of piperidine rings is 1. The smallest absolute Gasteiger partial charge is 0.227 e. The van der Waals surface area contributed by atoms with Crippen molar-refractivity contribution in [3.63, 3.8) is 0 Å². The monoisotopic (exact) mass is 408 g/mol. The van der Waals surface area contributed by atoms with Crippen LogP contribution in [0.3, 0.4) is 0 Å². The van der Waals surface area contributed by atoms with Gasteiger partial charge >= 0.3 is 0 Å². The molecule has 1 aliphatic heterocycles. The summed E-state index contributed by atoms with van der Waals surface area (Å²) in [6.07, 6.45) is 3.51. The fourth-order valence-corrected chi connectivity index (χ4v) is 3.91. The fourth-order valence-electron chi connectivity index (χ4n) is 3.91. The molecule has 0 radical (unpaired) electrons. The molecule has 1 fully saturated rings. The number of nitrogens with two attached hydrogens (primary N) is 1. The number of anilines is 1. The lowest BCUT2D eigenvalue weighted by atomic mass is 9.89. The Balaban J connectivity index is 1.56. The van der Waals surface area contributed by atoms with Crippen LogP contribution in [0.5, 0.6) is 0 Å². The van der Waals surface area contributed by atoms with E-state index in [0.717, 1.165) is 29.7 Å². The van der Waals surface area contributed by atoms with E-state index in [2.05, 4.69) is 9.97 Å². The van der Waals surface area contributed by atoms with E-state index in [4.69, 9.17) is 5.73 Å². The number of rotatable bonds is 4. The van der Waals surface area contributed by atoms with Gasteiger partial charge in [-0.25, -0.2) is 18.7 Å². The van der Waals surface area contributed by atoms with Gasteiger partial charge in [0.1, 0.15) is 11.6 Å². The topological polar surface area (TPSA) is 72.1 Å². The van der Waals surface area contributed by atoms with Gasteiger partial charge in [-0.3, -0.25) is 4.79 Å². The van der Waals surface area contributed by atoms with Crippen molar-refractivity contribution < 1.29 is 13.6 Å². The molecule has 1 atom stereocenters. The molecule has 30 heavy (non-hydrogen) atoms. The van der Waals surface area contributed by atoms with Gasteiger partial charge in [-0.1, -0.05) is 24.3 Å². The molecule has 3 aromatic rings. The maximum Gasteiger partial charge on any atom is 0.227 e. The van der Waals surface area contributed by atoms with Gasteiger partial charge in [0.15, 0.2) is 0 Å². The Hall–Kier alpha value is -3.35. The molecule has 2 heterocycles. The minimum atomic E-state index is -0.338. The zero-order chi connectivity index (χ0) is 21.1. The van der Waals surface area contributed by atoms with Crippen LogP contribution in [0.15, 0.2) is 54.7 Å². The van der Waals surface area contributed by atoms with Crippen LogP contribution in [0, 0.1) is 11.6 Å². The highest BCUT2D eigenvalue weighted by Crippen LogP contribution is 2.33. The summed E-state index contributed by atoms with van der Waals surface area (Å²) in [4.78, 5) is 23.2. The van der Waals surface area contributed by atoms with E-state index in [1.54, 1.807) is 24.4 Å². The third kappa shape index (κ3) is 4.45. The number of carbonyl (C=O) groups is 1. The van der Waals surface area contributed by atoms with E-state index >= 15 is 0 Å². The van der Waals surface area contributed by atoms with Crippen LogP contribution in [-0.4, -0.2) is 33.9 Å². The predicted octanol–water partition coefficient (Wildman–Crippen LogP) is 3.95. The Kier molecular flexibility index (Phi) is 5.70. The fraction of sp³-hybridized carbons (Fsp3) is 0.261. The first-order valence-electron chi connectivity index (χ1n) is 9.90. The number of carbonyl (C=O) groups excluding carboxylic acids is 1. The number of likely N-dealkylation sites (tertiary alicyclic amines) is 1. The molecule has 0 saturated carbocycles. The maximum absolute atomic E-state index is 13.8. The lowest BCUT2D eigenvalue weighted by Crippen LogP contribution is -2.40. The molecule has 2 N–H and O–H groups in total. The molecule has 5 nitrogen and oxygen atoms in total. The number of benzene rings is 2. The van der Waals surface area contributed by atoms with Gasteiger partial charge in [0.25, 0.3) is 0 Å². The molecular weight excluding hydrogens is 386 g/mol. The molecule has 0 bridgehead atoms. The first kappa shape index (κ1) is 19.9. The summed E-state index contributed by atoms with van der Waals surface area (Å²) in [5.41, 5.74) is 8.75. The molecule has 1 aliphatic rings. The Morgan fingerprint density at radius 2 is 1.93 bits per heavy atom. The second-order valence-electron chi connectivity index (χ2n) is 7.52. The summed E-state index contributed by atoms with van der Waals surface area (Å²) in [6.45, 7) is 1.16. The summed E-state index contributed by atoms with van der Waals surface area (Å²) in [6, 6.07) is 12.2. The molecule has 0 aliphatic carbocycles. The second kappa shape index (κ2) is 8.57. The quantitative estimate of drug-likeness (QED) is 0.710. The number of amides is 1. The molecule has 1 saturated heterocycles. The Bertz CT molecular complexity index is 1060. The van der Waals surface area contributed by atoms with Crippen molar-refractivity contribution in [3.05, 3.63) is 77.6 Å². The zero-order valence-electron chi connectivity index (χ0n) is 16.4. The molecule has 7 heteroatoms. The number of hydrogen-bond acceptors (Lipinski definition) is 4. The molecule has 2 aromatic carbocycles. The maximum atomic E-state index is 13.8. The van der Waals surface area contributed by atoms with Crippen LogP contribution < -0.4 is 5.73 Å². The average Bonchev–Trinajstić information content (AvgIpc) is 2.75. The van der Waals surface area contributed by atoms with E-state index in [1.165, 1.54) is 24.3 Å². The molecule has 4 rings (SSSR count). The van der Waals surface area contributed by atoms with Crippen molar-refractivity contribution in [2.75, 3.05) is 18.8 Å². The average molecular weight is 408 g/mol. The molecule has 154 valence electrons. The van der Waals surface area contributed by atoms with Gasteiger partial charge < -0.3 is 10.6 Å². The van der Waals surface area contributed by atoms with E-state index in [-0.39, 0.29) is 35.8 Å². The molecule has 0 spiro atoms. The first-order chi connectivity index (χ1) is 14.5. The summed E-state index contributed by atoms with van der Waals surface area (Å²) in [5, 5.41) is 0. The second-order valence-corrected chi connectivity index (χ2v) is 7.52. The lowest BCUT2D eigenvalue weighted by Gasteiger charge is -2.33. The summed E-state index contributed by atoms with van der Waals surface area (Å²) in [7, 11) is 0. The normalized spacial score (nSPS) is 16.5. The Morgan fingerprint density at radius 1 is 1.13 bits per heavy atom. The van der Waals surface area contributed by atoms with E-state index < -0.39 is 0 Å². The van der Waals surface area contributed by atoms with Crippen molar-refractivity contribution >= 4 is 11.9 Å². The Morgan fingerprint density at radius 3 is 2.70 bits per heavy atom. The number of hydrogen-bond donors (Lipinski definition) is 1. The van der Waals surface area contributed by atoms with Gasteiger partial charge in [0, 0.05) is 30.8 Å². The number of aromatic nitrogens is 2. The number of nitrogens with zero attached hydrogens (tertiary/aromatic N) is 3. The number of halogens is 2. The molecule has 0 unspecified atom stereocenters. The van der Waals surface area contributed by atoms with Crippen LogP contribution in [-0.2, 0) is 11.2 Å². The van der Waals surface area contributed by atoms with Crippen molar-refractivity contribution in [1.82, 2.24) is 14.9 Å². The van der Waals surface area contributed by atoms with Gasteiger partial charge in [-0.2, -0.15) is 0 Å². The van der Waals surface area contributed by atoms with Crippen molar-refractivity contribution in [2.24, 2.45) is 0 Å². The van der Waals surface area contributed by atoms with E-state index in [9.17, 15) is 13.6 Å². The molecular formula is C23H22F2N4O. The number of nitrogen functional groups attached to an aromatic ring is 1. The predicted molar refractivity (Wildman–Crippen MR) is 110 cm³/mol. The van der Waals surface area contributed by atoms with Crippen LogP contribution in [0.2, 0.25) is 0 Å². The minimum Gasteiger partial charge on any atom is -0.368 e. The highest BCUT2D eigenvalue weighted by molar-refractivity contribution is 5.79. The largest absolute Gasteiger partial charge is 0.368 e. The van der Waals surface area contributed by atoms with Crippen LogP contribution >= 0.6 is 0 Å². The SMILES string of the molecule is Nc1ncc(-c2cccc(F)c2)c([C@H]2CCCN(C(=O)Cc3ccc(F)cc3)C2)n1. The van der Waals surface area contributed by atoms with Gasteiger partial charge in [-0.15, -0.1) is 0 Å². The van der Waals surface area contributed by atoms with Gasteiger partial charge in [0.05, 0.1) is 12.1 Å². The summed E-state index contributed by atoms with van der Waals surface area (Å²) < 4.78 is 26.9. The van der Waals surface area contributed by atoms with E-state index in [0.29, 0.717) is 18.7 Å². The lowest BCUT2D eigenvalue weighted by molar-refractivity contribution is -0.131. The Labute approximate surface area is 173 Å². The van der Waals surface area contributed by atoms with Crippen molar-refractivity contribution in [3.8, 4) is 11.1 Å². The van der Waals surface area contributed by atoms with Gasteiger partial charge in [-0.05, 0) is 48.2 Å². The molecule has 1 amide bonds. The third-order valence-corrected chi connectivity index (χ3v) is 5.40. The van der Waals surface area contributed by atoms with Crippen molar-refractivity contribution in [2.45, 2.75) is 25.2 Å². The highest BCUT2D eigenvalue weighted by atomic mass is 19.1. The van der Waals surface area contributed by atoms with Crippen LogP contribution in [0.1, 0.15) is 30.0 Å². The molecule has 1 aromatic heterocycles. The van der Waals surface area contributed by atoms with E-state index in [1.807, 2.05) is 11.0 Å². The highest BCUT2D eigenvalue weighted by Gasteiger charge is 2.28. The van der Waals surface area contributed by atoms with Crippen LogP contribution in [0.4, 0.5) is 14.7 Å². The standard InChI is InChI=1S/C23H22F2N4O/c24-18-8-6-15(7-9-18)11-21(30)29-10-2-4-17(14-29)22-20(13-27-23(26)28-22)16-3-1-5-19(25)12-16/h1,3,5-9,12-13,17H,2,4,10-11,14H2,(H2,26,27,28)/t17-/m0/s1.